The number of hydrazine groups is 1. The minimum absolute atomic E-state index is 0.326. The van der Waals surface area contributed by atoms with Gasteiger partial charge in [-0.2, -0.15) is 0 Å². The first-order valence-corrected chi connectivity index (χ1v) is 4.73. The average Bonchev–Trinajstić information content (AvgIpc) is 2.14. The quantitative estimate of drug-likeness (QED) is 0.476. The van der Waals surface area contributed by atoms with Crippen LogP contribution in [0.3, 0.4) is 0 Å². The summed E-state index contributed by atoms with van der Waals surface area (Å²) in [6.07, 6.45) is 0. The van der Waals surface area contributed by atoms with Gasteiger partial charge in [0.2, 0.25) is 0 Å². The maximum absolute atomic E-state index is 11.0. The van der Waals surface area contributed by atoms with Gasteiger partial charge in [-0.3, -0.25) is 15.6 Å². The second-order valence-electron chi connectivity index (χ2n) is 2.58. The van der Waals surface area contributed by atoms with Crippen LogP contribution in [-0.4, -0.2) is 16.3 Å². The third-order valence-electron chi connectivity index (χ3n) is 1.39. The van der Waals surface area contributed by atoms with Crippen LogP contribution in [0, 0.1) is 0 Å². The molecule has 2 N–H and O–H groups in total. The van der Waals surface area contributed by atoms with Crippen LogP contribution in [0.5, 0.6) is 0 Å². The molecule has 0 radical (unpaired) electrons. The molecular weight excluding hydrogens is 225 g/mol. The molecule has 0 aliphatic heterocycles. The van der Waals surface area contributed by atoms with Crippen LogP contribution in [0.4, 0.5) is 5.82 Å². The lowest BCUT2D eigenvalue weighted by atomic mass is 10.4. The Balaban J connectivity index is 2.50. The van der Waals surface area contributed by atoms with Crippen LogP contribution in [0.15, 0.2) is 18.2 Å². The SMILES string of the molecule is C[C@@H](Cl)C(=O)NNc1cccc(Cl)n1. The third kappa shape index (κ3) is 3.40. The molecule has 0 unspecified atom stereocenters. The lowest BCUT2D eigenvalue weighted by Crippen LogP contribution is -2.34. The van der Waals surface area contributed by atoms with Crippen LogP contribution in [-0.2, 0) is 4.79 Å². The van der Waals surface area contributed by atoms with Crippen LogP contribution in [0.1, 0.15) is 6.92 Å². The van der Waals surface area contributed by atoms with Crippen molar-refractivity contribution in [2.45, 2.75) is 12.3 Å². The Morgan fingerprint density at radius 3 is 2.86 bits per heavy atom. The summed E-state index contributed by atoms with van der Waals surface area (Å²) in [7, 11) is 0. The highest BCUT2D eigenvalue weighted by molar-refractivity contribution is 6.30. The molecule has 0 spiro atoms. The van der Waals surface area contributed by atoms with E-state index in [1.807, 2.05) is 0 Å². The number of rotatable bonds is 3. The summed E-state index contributed by atoms with van der Waals surface area (Å²) >= 11 is 11.2. The van der Waals surface area contributed by atoms with Crippen molar-refractivity contribution in [2.24, 2.45) is 0 Å². The van der Waals surface area contributed by atoms with E-state index < -0.39 is 5.38 Å². The van der Waals surface area contributed by atoms with Gasteiger partial charge in [0.15, 0.2) is 0 Å². The fraction of sp³-hybridized carbons (Fsp3) is 0.250. The van der Waals surface area contributed by atoms with E-state index in [9.17, 15) is 4.79 Å². The molecule has 1 rings (SSSR count). The van der Waals surface area contributed by atoms with Gasteiger partial charge >= 0.3 is 0 Å². The fourth-order valence-corrected chi connectivity index (χ4v) is 0.921. The van der Waals surface area contributed by atoms with E-state index in [2.05, 4.69) is 15.8 Å². The highest BCUT2D eigenvalue weighted by Gasteiger charge is 2.07. The Morgan fingerprint density at radius 2 is 2.29 bits per heavy atom. The lowest BCUT2D eigenvalue weighted by Gasteiger charge is -2.08. The molecule has 76 valence electrons. The second-order valence-corrected chi connectivity index (χ2v) is 3.62. The number of halogens is 2. The van der Waals surface area contributed by atoms with E-state index in [1.165, 1.54) is 0 Å². The third-order valence-corrected chi connectivity index (χ3v) is 1.80. The first-order chi connectivity index (χ1) is 6.59. The van der Waals surface area contributed by atoms with Crippen LogP contribution in [0.25, 0.3) is 0 Å². The van der Waals surface area contributed by atoms with Crippen molar-refractivity contribution < 1.29 is 4.79 Å². The van der Waals surface area contributed by atoms with Crippen molar-refractivity contribution in [3.8, 4) is 0 Å². The number of carbonyl (C=O) groups excluding carboxylic acids is 1. The van der Waals surface area contributed by atoms with Crippen LogP contribution < -0.4 is 10.9 Å². The van der Waals surface area contributed by atoms with Crippen molar-refractivity contribution in [1.82, 2.24) is 10.4 Å². The first-order valence-electron chi connectivity index (χ1n) is 3.92. The Bertz CT molecular complexity index is 330. The molecule has 1 heterocycles. The second kappa shape index (κ2) is 5.02. The van der Waals surface area contributed by atoms with Crippen LogP contribution in [0.2, 0.25) is 5.15 Å². The summed E-state index contributed by atoms with van der Waals surface area (Å²) in [5.74, 6) is 0.136. The zero-order valence-corrected chi connectivity index (χ0v) is 8.93. The highest BCUT2D eigenvalue weighted by atomic mass is 35.5. The number of amides is 1. The summed E-state index contributed by atoms with van der Waals surface area (Å²) in [4.78, 5) is 14.9. The standard InChI is InChI=1S/C8H9Cl2N3O/c1-5(9)8(14)13-12-7-4-2-3-6(10)11-7/h2-5H,1H3,(H,11,12)(H,13,14)/t5-/m1/s1. The maximum Gasteiger partial charge on any atom is 0.256 e. The predicted octanol–water partition coefficient (Wildman–Crippen LogP) is 1.81. The van der Waals surface area contributed by atoms with Crippen molar-refractivity contribution in [1.29, 1.82) is 0 Å². The normalized spacial score (nSPS) is 11.9. The molecule has 0 bridgehead atoms. The summed E-state index contributed by atoms with van der Waals surface area (Å²) in [5, 5.41) is -0.246. The zero-order valence-electron chi connectivity index (χ0n) is 7.42. The molecule has 1 amide bonds. The molecule has 6 heteroatoms. The van der Waals surface area contributed by atoms with Gasteiger partial charge in [-0.1, -0.05) is 17.7 Å². The smallest absolute Gasteiger partial charge is 0.256 e. The van der Waals surface area contributed by atoms with Gasteiger partial charge in [-0.05, 0) is 19.1 Å². The van der Waals surface area contributed by atoms with Gasteiger partial charge in [-0.25, -0.2) is 4.98 Å². The van der Waals surface area contributed by atoms with Crippen molar-refractivity contribution in [3.05, 3.63) is 23.4 Å². The van der Waals surface area contributed by atoms with Crippen molar-refractivity contribution in [3.63, 3.8) is 0 Å². The number of hydrogen-bond acceptors (Lipinski definition) is 3. The van der Waals surface area contributed by atoms with Gasteiger partial charge in [0.05, 0.1) is 0 Å². The Hall–Kier alpha value is -1.00. The molecule has 14 heavy (non-hydrogen) atoms. The van der Waals surface area contributed by atoms with Crippen molar-refractivity contribution in [2.75, 3.05) is 5.43 Å². The number of alkyl halides is 1. The molecule has 0 fully saturated rings. The van der Waals surface area contributed by atoms with E-state index in [-0.39, 0.29) is 5.91 Å². The first kappa shape index (κ1) is 11.1. The molecule has 1 aromatic rings. The number of carbonyl (C=O) groups is 1. The monoisotopic (exact) mass is 233 g/mol. The lowest BCUT2D eigenvalue weighted by molar-refractivity contribution is -0.119. The largest absolute Gasteiger partial charge is 0.282 e. The molecular formula is C8H9Cl2N3O. The molecule has 4 nitrogen and oxygen atoms in total. The molecule has 0 saturated carbocycles. The van der Waals surface area contributed by atoms with Crippen molar-refractivity contribution >= 4 is 34.9 Å². The molecule has 1 aromatic heterocycles. The van der Waals surface area contributed by atoms with E-state index in [1.54, 1.807) is 25.1 Å². The van der Waals surface area contributed by atoms with E-state index in [0.717, 1.165) is 0 Å². The summed E-state index contributed by atoms with van der Waals surface area (Å²) in [5.41, 5.74) is 4.97. The number of pyridine rings is 1. The number of anilines is 1. The number of aromatic nitrogens is 1. The molecule has 1 atom stereocenters. The minimum Gasteiger partial charge on any atom is -0.282 e. The minimum atomic E-state index is -0.596. The molecule has 0 aliphatic carbocycles. The van der Waals surface area contributed by atoms with E-state index in [0.29, 0.717) is 11.0 Å². The zero-order chi connectivity index (χ0) is 10.6. The average molecular weight is 234 g/mol. The van der Waals surface area contributed by atoms with Gasteiger partial charge in [0.1, 0.15) is 16.3 Å². The molecule has 0 saturated heterocycles. The molecule has 0 aromatic carbocycles. The predicted molar refractivity (Wildman–Crippen MR) is 56.3 cm³/mol. The van der Waals surface area contributed by atoms with E-state index in [4.69, 9.17) is 23.2 Å². The Morgan fingerprint density at radius 1 is 1.57 bits per heavy atom. The fourth-order valence-electron chi connectivity index (χ4n) is 0.703. The van der Waals surface area contributed by atoms with Gasteiger partial charge in [0.25, 0.3) is 5.91 Å². The topological polar surface area (TPSA) is 54.0 Å². The van der Waals surface area contributed by atoms with Gasteiger partial charge in [-0.15, -0.1) is 11.6 Å². The van der Waals surface area contributed by atoms with Gasteiger partial charge in [0, 0.05) is 0 Å². The summed E-state index contributed by atoms with van der Waals surface area (Å²) in [6, 6.07) is 5.03. The maximum atomic E-state index is 11.0. The number of nitrogens with zero attached hydrogens (tertiary/aromatic N) is 1. The Labute approximate surface area is 91.6 Å². The Kier molecular flexibility index (Phi) is 3.98. The summed E-state index contributed by atoms with van der Waals surface area (Å²) < 4.78 is 0. The van der Waals surface area contributed by atoms with Crippen LogP contribution >= 0.6 is 23.2 Å². The number of hydrogen-bond donors (Lipinski definition) is 2. The van der Waals surface area contributed by atoms with Gasteiger partial charge < -0.3 is 0 Å². The number of nitrogens with one attached hydrogen (secondary N) is 2. The van der Waals surface area contributed by atoms with E-state index >= 15 is 0 Å². The highest BCUT2D eigenvalue weighted by Crippen LogP contribution is 2.07. The molecule has 0 aliphatic rings. The summed E-state index contributed by atoms with van der Waals surface area (Å²) in [6.45, 7) is 1.57.